The van der Waals surface area contributed by atoms with Crippen LogP contribution in [-0.2, 0) is 0 Å². The maximum atomic E-state index is 6.19. The van der Waals surface area contributed by atoms with Gasteiger partial charge in [-0.25, -0.2) is 0 Å². The Morgan fingerprint density at radius 1 is 1.32 bits per heavy atom. The zero-order valence-electron chi connectivity index (χ0n) is 12.5. The molecular weight excluding hydrogens is 258 g/mol. The molecule has 19 heavy (non-hydrogen) atoms. The molecule has 0 heterocycles. The highest BCUT2D eigenvalue weighted by molar-refractivity contribution is 6.32. The van der Waals surface area contributed by atoms with Crippen molar-refractivity contribution in [2.45, 2.75) is 46.6 Å². The number of hydrogen-bond donors (Lipinski definition) is 1. The quantitative estimate of drug-likeness (QED) is 0.761. The summed E-state index contributed by atoms with van der Waals surface area (Å²) in [5.74, 6) is 1.37. The number of rotatable bonds is 8. The maximum absolute atomic E-state index is 6.19. The molecule has 1 rings (SSSR count). The van der Waals surface area contributed by atoms with E-state index in [-0.39, 0.29) is 0 Å². The van der Waals surface area contributed by atoms with E-state index in [2.05, 4.69) is 26.1 Å². The molecule has 0 fully saturated rings. The van der Waals surface area contributed by atoms with Crippen LogP contribution in [0.3, 0.4) is 0 Å². The Hall–Kier alpha value is -0.730. The first-order chi connectivity index (χ1) is 9.08. The first-order valence-electron chi connectivity index (χ1n) is 7.20. The highest BCUT2D eigenvalue weighted by Gasteiger charge is 2.16. The first-order valence-corrected chi connectivity index (χ1v) is 7.58. The minimum absolute atomic E-state index is 0.377. The van der Waals surface area contributed by atoms with Crippen molar-refractivity contribution in [3.05, 3.63) is 28.8 Å². The van der Waals surface area contributed by atoms with Crippen LogP contribution in [-0.4, -0.2) is 19.2 Å². The molecule has 108 valence electrons. The van der Waals surface area contributed by atoms with Crippen LogP contribution in [0.1, 0.15) is 39.2 Å². The van der Waals surface area contributed by atoms with E-state index in [1.807, 2.05) is 25.1 Å². The Kier molecular flexibility index (Phi) is 7.25. The van der Waals surface area contributed by atoms with Crippen LogP contribution >= 0.6 is 11.6 Å². The highest BCUT2D eigenvalue weighted by atomic mass is 35.5. The van der Waals surface area contributed by atoms with Crippen molar-refractivity contribution in [3.8, 4) is 5.75 Å². The molecule has 0 amide bonds. The van der Waals surface area contributed by atoms with E-state index in [4.69, 9.17) is 16.3 Å². The lowest BCUT2D eigenvalue weighted by Gasteiger charge is -2.24. The SMILES string of the molecule is CCCNC(COc1ccc(C)cc1Cl)C(C)CC. The molecule has 0 aromatic heterocycles. The molecule has 2 atom stereocenters. The monoisotopic (exact) mass is 283 g/mol. The van der Waals surface area contributed by atoms with Gasteiger partial charge in [0, 0.05) is 6.04 Å². The average Bonchev–Trinajstić information content (AvgIpc) is 2.40. The molecule has 1 aromatic carbocycles. The van der Waals surface area contributed by atoms with E-state index >= 15 is 0 Å². The molecule has 1 aromatic rings. The van der Waals surface area contributed by atoms with Crippen LogP contribution < -0.4 is 10.1 Å². The van der Waals surface area contributed by atoms with E-state index in [0.29, 0.717) is 23.6 Å². The zero-order valence-corrected chi connectivity index (χ0v) is 13.3. The van der Waals surface area contributed by atoms with Crippen molar-refractivity contribution in [2.24, 2.45) is 5.92 Å². The lowest BCUT2D eigenvalue weighted by molar-refractivity contribution is 0.221. The van der Waals surface area contributed by atoms with Gasteiger partial charge in [0.25, 0.3) is 0 Å². The first kappa shape index (κ1) is 16.3. The summed E-state index contributed by atoms with van der Waals surface area (Å²) in [5.41, 5.74) is 1.15. The second-order valence-corrected chi connectivity index (χ2v) is 5.60. The van der Waals surface area contributed by atoms with Crippen molar-refractivity contribution in [1.82, 2.24) is 5.32 Å². The van der Waals surface area contributed by atoms with E-state index in [0.717, 1.165) is 30.7 Å². The normalized spacial score (nSPS) is 14.2. The van der Waals surface area contributed by atoms with Gasteiger partial charge in [0.05, 0.1) is 5.02 Å². The van der Waals surface area contributed by atoms with E-state index in [9.17, 15) is 0 Å². The van der Waals surface area contributed by atoms with Gasteiger partial charge in [-0.3, -0.25) is 0 Å². The average molecular weight is 284 g/mol. The summed E-state index contributed by atoms with van der Waals surface area (Å²) in [6.07, 6.45) is 2.28. The molecular formula is C16H26ClNO. The molecule has 2 unspecified atom stereocenters. The van der Waals surface area contributed by atoms with Crippen LogP contribution in [0, 0.1) is 12.8 Å². The number of nitrogens with one attached hydrogen (secondary N) is 1. The summed E-state index contributed by atoms with van der Waals surface area (Å²) in [4.78, 5) is 0. The summed E-state index contributed by atoms with van der Waals surface area (Å²) in [7, 11) is 0. The molecule has 1 N–H and O–H groups in total. The van der Waals surface area contributed by atoms with Crippen LogP contribution in [0.25, 0.3) is 0 Å². The predicted octanol–water partition coefficient (Wildman–Crippen LogP) is 4.44. The number of ether oxygens (including phenoxy) is 1. The topological polar surface area (TPSA) is 21.3 Å². The molecule has 2 nitrogen and oxygen atoms in total. The van der Waals surface area contributed by atoms with Crippen LogP contribution in [0.5, 0.6) is 5.75 Å². The van der Waals surface area contributed by atoms with Crippen molar-refractivity contribution in [2.75, 3.05) is 13.2 Å². The van der Waals surface area contributed by atoms with Gasteiger partial charge in [0.2, 0.25) is 0 Å². The third-order valence-corrected chi connectivity index (χ3v) is 3.79. The molecule has 0 radical (unpaired) electrons. The number of hydrogen-bond acceptors (Lipinski definition) is 2. The lowest BCUT2D eigenvalue weighted by Crippen LogP contribution is -2.40. The Morgan fingerprint density at radius 3 is 2.63 bits per heavy atom. The summed E-state index contributed by atoms with van der Waals surface area (Å²) in [6.45, 7) is 10.4. The second-order valence-electron chi connectivity index (χ2n) is 5.19. The van der Waals surface area contributed by atoms with Gasteiger partial charge in [0.15, 0.2) is 0 Å². The fourth-order valence-corrected chi connectivity index (χ4v) is 2.23. The minimum Gasteiger partial charge on any atom is -0.490 e. The van der Waals surface area contributed by atoms with Gasteiger partial charge >= 0.3 is 0 Å². The third kappa shape index (κ3) is 5.42. The maximum Gasteiger partial charge on any atom is 0.137 e. The summed E-state index contributed by atoms with van der Waals surface area (Å²) in [5, 5.41) is 4.25. The van der Waals surface area contributed by atoms with Crippen LogP contribution in [0.4, 0.5) is 0 Å². The number of halogens is 1. The zero-order chi connectivity index (χ0) is 14.3. The molecule has 0 aliphatic rings. The Morgan fingerprint density at radius 2 is 2.05 bits per heavy atom. The van der Waals surface area contributed by atoms with Crippen LogP contribution in [0.15, 0.2) is 18.2 Å². The molecule has 0 aliphatic carbocycles. The molecule has 3 heteroatoms. The van der Waals surface area contributed by atoms with Gasteiger partial charge in [0.1, 0.15) is 12.4 Å². The van der Waals surface area contributed by atoms with Crippen LogP contribution in [0.2, 0.25) is 5.02 Å². The Labute approximate surface area is 122 Å². The fraction of sp³-hybridized carbons (Fsp3) is 0.625. The largest absolute Gasteiger partial charge is 0.490 e. The second kappa shape index (κ2) is 8.44. The van der Waals surface area contributed by atoms with Gasteiger partial charge < -0.3 is 10.1 Å². The van der Waals surface area contributed by atoms with Gasteiger partial charge in [-0.1, -0.05) is 44.9 Å². The molecule has 0 aliphatic heterocycles. The van der Waals surface area contributed by atoms with Crippen molar-refractivity contribution in [3.63, 3.8) is 0 Å². The molecule has 0 saturated carbocycles. The van der Waals surface area contributed by atoms with Gasteiger partial charge in [-0.2, -0.15) is 0 Å². The van der Waals surface area contributed by atoms with Crippen molar-refractivity contribution >= 4 is 11.6 Å². The Balaban J connectivity index is 2.59. The van der Waals surface area contributed by atoms with Crippen molar-refractivity contribution < 1.29 is 4.74 Å². The summed E-state index contributed by atoms with van der Waals surface area (Å²) in [6, 6.07) is 6.29. The van der Waals surface area contributed by atoms with E-state index in [1.165, 1.54) is 0 Å². The molecule has 0 saturated heterocycles. The minimum atomic E-state index is 0.377. The lowest BCUT2D eigenvalue weighted by atomic mass is 10.00. The van der Waals surface area contributed by atoms with Crippen molar-refractivity contribution in [1.29, 1.82) is 0 Å². The predicted molar refractivity (Wildman–Crippen MR) is 83.2 cm³/mol. The summed E-state index contributed by atoms with van der Waals surface area (Å²) >= 11 is 6.19. The smallest absolute Gasteiger partial charge is 0.137 e. The van der Waals surface area contributed by atoms with E-state index in [1.54, 1.807) is 0 Å². The molecule has 0 bridgehead atoms. The number of benzene rings is 1. The standard InChI is InChI=1S/C16H26ClNO/c1-5-9-18-15(13(4)6-2)11-19-16-8-7-12(3)10-14(16)17/h7-8,10,13,15,18H,5-6,9,11H2,1-4H3. The van der Waals surface area contributed by atoms with Gasteiger partial charge in [-0.05, 0) is 43.5 Å². The van der Waals surface area contributed by atoms with E-state index < -0.39 is 0 Å². The molecule has 0 spiro atoms. The Bertz CT molecular complexity index is 381. The fourth-order valence-electron chi connectivity index (χ4n) is 1.94. The third-order valence-electron chi connectivity index (χ3n) is 3.49. The summed E-state index contributed by atoms with van der Waals surface area (Å²) < 4.78 is 5.88. The van der Waals surface area contributed by atoms with Gasteiger partial charge in [-0.15, -0.1) is 0 Å². The highest BCUT2D eigenvalue weighted by Crippen LogP contribution is 2.25. The number of aryl methyl sites for hydroxylation is 1.